The Morgan fingerprint density at radius 1 is 1.12 bits per heavy atom. The lowest BCUT2D eigenvalue weighted by Gasteiger charge is -2.28. The Morgan fingerprint density at radius 2 is 1.76 bits per heavy atom. The minimum atomic E-state index is -0.422. The number of hydrogen-bond acceptors (Lipinski definition) is 6. The fourth-order valence-electron chi connectivity index (χ4n) is 2.61. The lowest BCUT2D eigenvalue weighted by atomic mass is 10.1. The van der Waals surface area contributed by atoms with Crippen LogP contribution in [0.4, 0.5) is 17.1 Å². The summed E-state index contributed by atoms with van der Waals surface area (Å²) >= 11 is 0. The Hall–Kier alpha value is -2.93. The molecule has 1 fully saturated rings. The van der Waals surface area contributed by atoms with Crippen molar-refractivity contribution in [2.45, 2.75) is 6.92 Å². The van der Waals surface area contributed by atoms with Crippen LogP contribution in [0.25, 0.3) is 0 Å². The van der Waals surface area contributed by atoms with Crippen molar-refractivity contribution < 1.29 is 9.66 Å². The summed E-state index contributed by atoms with van der Waals surface area (Å²) in [5, 5.41) is 15.0. The number of nitrogens with zero attached hydrogens (tertiary/aromatic N) is 3. The van der Waals surface area contributed by atoms with E-state index in [1.165, 1.54) is 17.8 Å². The number of morpholine rings is 1. The summed E-state index contributed by atoms with van der Waals surface area (Å²) in [5.74, 6) is 0. The molecule has 0 spiro atoms. The van der Waals surface area contributed by atoms with Crippen molar-refractivity contribution in [2.24, 2.45) is 5.10 Å². The number of benzene rings is 2. The Bertz CT molecular complexity index is 751. The molecule has 1 saturated heterocycles. The lowest BCUT2D eigenvalue weighted by Crippen LogP contribution is -2.36. The molecule has 7 heteroatoms. The summed E-state index contributed by atoms with van der Waals surface area (Å²) in [4.78, 5) is 12.5. The topological polar surface area (TPSA) is 80.0 Å². The summed E-state index contributed by atoms with van der Waals surface area (Å²) < 4.78 is 5.37. The number of hydrazone groups is 1. The van der Waals surface area contributed by atoms with E-state index in [1.807, 2.05) is 19.1 Å². The van der Waals surface area contributed by atoms with Gasteiger partial charge in [-0.05, 0) is 36.8 Å². The standard InChI is InChI=1S/C18H20N4O3/c1-14(19-20-16-4-8-18(9-5-16)22(23)24)15-2-6-17(7-3-15)21-10-12-25-13-11-21/h2-9,20H,10-13H2,1H3/b19-14+. The van der Waals surface area contributed by atoms with Gasteiger partial charge in [0, 0.05) is 30.9 Å². The second-order valence-corrected chi connectivity index (χ2v) is 5.76. The first-order valence-electron chi connectivity index (χ1n) is 8.11. The van der Waals surface area contributed by atoms with Crippen molar-refractivity contribution in [2.75, 3.05) is 36.6 Å². The summed E-state index contributed by atoms with van der Waals surface area (Å²) in [6.45, 7) is 5.27. The van der Waals surface area contributed by atoms with Crippen molar-refractivity contribution >= 4 is 22.8 Å². The number of ether oxygens (including phenoxy) is 1. The van der Waals surface area contributed by atoms with Gasteiger partial charge in [0.2, 0.25) is 0 Å². The maximum atomic E-state index is 10.7. The number of nitro benzene ring substituents is 1. The van der Waals surface area contributed by atoms with Crippen molar-refractivity contribution in [1.82, 2.24) is 0 Å². The third-order valence-electron chi connectivity index (χ3n) is 4.09. The van der Waals surface area contributed by atoms with Crippen LogP contribution >= 0.6 is 0 Å². The van der Waals surface area contributed by atoms with Gasteiger partial charge < -0.3 is 9.64 Å². The van der Waals surface area contributed by atoms with E-state index >= 15 is 0 Å². The van der Waals surface area contributed by atoms with Gasteiger partial charge >= 0.3 is 0 Å². The molecule has 1 aliphatic rings. The van der Waals surface area contributed by atoms with E-state index in [1.54, 1.807) is 12.1 Å². The Morgan fingerprint density at radius 3 is 2.36 bits per heavy atom. The molecule has 0 amide bonds. The maximum Gasteiger partial charge on any atom is 0.269 e. The predicted molar refractivity (Wildman–Crippen MR) is 98.4 cm³/mol. The minimum absolute atomic E-state index is 0.0601. The zero-order chi connectivity index (χ0) is 17.6. The monoisotopic (exact) mass is 340 g/mol. The molecule has 0 unspecified atom stereocenters. The quantitative estimate of drug-likeness (QED) is 0.513. The average Bonchev–Trinajstić information content (AvgIpc) is 2.67. The SMILES string of the molecule is C/C(=N\Nc1ccc([N+](=O)[O-])cc1)c1ccc(N2CCOCC2)cc1. The van der Waals surface area contributed by atoms with E-state index in [4.69, 9.17) is 4.74 Å². The maximum absolute atomic E-state index is 10.7. The van der Waals surface area contributed by atoms with Crippen molar-refractivity contribution in [3.63, 3.8) is 0 Å². The first kappa shape index (κ1) is 16.9. The molecule has 1 heterocycles. The van der Waals surface area contributed by atoms with Crippen LogP contribution in [-0.2, 0) is 4.74 Å². The van der Waals surface area contributed by atoms with Gasteiger partial charge in [-0.2, -0.15) is 5.10 Å². The summed E-state index contributed by atoms with van der Waals surface area (Å²) in [5.41, 5.74) is 6.73. The first-order valence-corrected chi connectivity index (χ1v) is 8.11. The highest BCUT2D eigenvalue weighted by molar-refractivity contribution is 5.99. The molecule has 25 heavy (non-hydrogen) atoms. The Labute approximate surface area is 146 Å². The zero-order valence-electron chi connectivity index (χ0n) is 14.0. The number of nitro groups is 1. The molecule has 0 bridgehead atoms. The predicted octanol–water partition coefficient (Wildman–Crippen LogP) is 3.27. The van der Waals surface area contributed by atoms with Crippen LogP contribution in [0.1, 0.15) is 12.5 Å². The molecule has 130 valence electrons. The van der Waals surface area contributed by atoms with Gasteiger partial charge in [-0.3, -0.25) is 15.5 Å². The van der Waals surface area contributed by atoms with Crippen LogP contribution in [0.15, 0.2) is 53.6 Å². The van der Waals surface area contributed by atoms with Gasteiger partial charge in [0.25, 0.3) is 5.69 Å². The van der Waals surface area contributed by atoms with Gasteiger partial charge in [0.1, 0.15) is 0 Å². The van der Waals surface area contributed by atoms with Gasteiger partial charge in [-0.15, -0.1) is 0 Å². The lowest BCUT2D eigenvalue weighted by molar-refractivity contribution is -0.384. The molecule has 0 atom stereocenters. The van der Waals surface area contributed by atoms with Crippen LogP contribution in [0, 0.1) is 10.1 Å². The molecule has 2 aromatic rings. The highest BCUT2D eigenvalue weighted by Gasteiger charge is 2.11. The molecule has 3 rings (SSSR count). The summed E-state index contributed by atoms with van der Waals surface area (Å²) in [6, 6.07) is 14.4. The molecular weight excluding hydrogens is 320 g/mol. The van der Waals surface area contributed by atoms with Crippen LogP contribution in [0.5, 0.6) is 0 Å². The second kappa shape index (κ2) is 7.76. The number of rotatable bonds is 5. The van der Waals surface area contributed by atoms with E-state index in [0.717, 1.165) is 37.6 Å². The minimum Gasteiger partial charge on any atom is -0.378 e. The number of anilines is 2. The van der Waals surface area contributed by atoms with E-state index in [0.29, 0.717) is 5.69 Å². The summed E-state index contributed by atoms with van der Waals surface area (Å²) in [7, 11) is 0. The van der Waals surface area contributed by atoms with E-state index in [-0.39, 0.29) is 5.69 Å². The number of non-ortho nitro benzene ring substituents is 1. The van der Waals surface area contributed by atoms with E-state index in [2.05, 4.69) is 27.6 Å². The Kier molecular flexibility index (Phi) is 5.25. The third-order valence-corrected chi connectivity index (χ3v) is 4.09. The highest BCUT2D eigenvalue weighted by Crippen LogP contribution is 2.18. The first-order chi connectivity index (χ1) is 12.1. The molecule has 0 aromatic heterocycles. The van der Waals surface area contributed by atoms with Crippen molar-refractivity contribution in [3.05, 3.63) is 64.2 Å². The summed E-state index contributed by atoms with van der Waals surface area (Å²) in [6.07, 6.45) is 0. The third kappa shape index (κ3) is 4.33. The van der Waals surface area contributed by atoms with Crippen molar-refractivity contribution in [1.29, 1.82) is 0 Å². The highest BCUT2D eigenvalue weighted by atomic mass is 16.6. The molecule has 0 radical (unpaired) electrons. The van der Waals surface area contributed by atoms with E-state index < -0.39 is 4.92 Å². The van der Waals surface area contributed by atoms with Gasteiger partial charge in [-0.25, -0.2) is 0 Å². The zero-order valence-corrected chi connectivity index (χ0v) is 14.0. The van der Waals surface area contributed by atoms with Crippen LogP contribution < -0.4 is 10.3 Å². The molecule has 0 saturated carbocycles. The van der Waals surface area contributed by atoms with Crippen LogP contribution in [-0.4, -0.2) is 36.9 Å². The fourth-order valence-corrected chi connectivity index (χ4v) is 2.61. The van der Waals surface area contributed by atoms with E-state index in [9.17, 15) is 10.1 Å². The van der Waals surface area contributed by atoms with Crippen molar-refractivity contribution in [3.8, 4) is 0 Å². The molecule has 2 aromatic carbocycles. The fraction of sp³-hybridized carbons (Fsp3) is 0.278. The molecular formula is C18H20N4O3. The van der Waals surface area contributed by atoms with Crippen LogP contribution in [0.2, 0.25) is 0 Å². The molecule has 7 nitrogen and oxygen atoms in total. The largest absolute Gasteiger partial charge is 0.378 e. The Balaban J connectivity index is 1.64. The molecule has 1 N–H and O–H groups in total. The smallest absolute Gasteiger partial charge is 0.269 e. The number of hydrogen-bond donors (Lipinski definition) is 1. The molecule has 1 aliphatic heterocycles. The second-order valence-electron chi connectivity index (χ2n) is 5.76. The molecule has 0 aliphatic carbocycles. The van der Waals surface area contributed by atoms with Gasteiger partial charge in [-0.1, -0.05) is 12.1 Å². The average molecular weight is 340 g/mol. The van der Waals surface area contributed by atoms with Crippen LogP contribution in [0.3, 0.4) is 0 Å². The van der Waals surface area contributed by atoms with Gasteiger partial charge in [0.15, 0.2) is 0 Å². The number of nitrogens with one attached hydrogen (secondary N) is 1. The van der Waals surface area contributed by atoms with Gasteiger partial charge in [0.05, 0.1) is 29.5 Å². The normalized spacial score (nSPS) is 15.1.